The summed E-state index contributed by atoms with van der Waals surface area (Å²) < 4.78 is 15.4. The van der Waals surface area contributed by atoms with Gasteiger partial charge in [0.15, 0.2) is 6.17 Å². The van der Waals surface area contributed by atoms with E-state index in [4.69, 9.17) is 41.2 Å². The molecule has 32 heavy (non-hydrogen) atoms. The average Bonchev–Trinajstić information content (AvgIpc) is 2.98. The Morgan fingerprint density at radius 1 is 1.25 bits per heavy atom. The topological polar surface area (TPSA) is 69.8 Å². The number of carbonyl (C=O) groups is 1. The Morgan fingerprint density at radius 3 is 2.44 bits per heavy atom. The van der Waals surface area contributed by atoms with Crippen LogP contribution in [0.5, 0.6) is 0 Å². The molecule has 1 saturated heterocycles. The summed E-state index contributed by atoms with van der Waals surface area (Å²) in [5.41, 5.74) is 6.99. The van der Waals surface area contributed by atoms with Crippen LogP contribution in [0.1, 0.15) is 20.3 Å². The molecule has 0 unspecified atom stereocenters. The number of nitrogens with zero attached hydrogens (tertiary/aromatic N) is 2. The van der Waals surface area contributed by atoms with Crippen molar-refractivity contribution in [3.8, 4) is 0 Å². The maximum absolute atomic E-state index is 15.4. The third-order valence-electron chi connectivity index (χ3n) is 5.33. The highest BCUT2D eigenvalue weighted by Gasteiger charge is 2.37. The first-order valence-corrected chi connectivity index (χ1v) is 11.6. The second-order valence-corrected chi connectivity index (χ2v) is 8.37. The summed E-state index contributed by atoms with van der Waals surface area (Å²) in [5, 5.41) is 10.2. The SMILES string of the molecule is C=CC(=O)N1CCN(C(=S)C2=C(N)[C@@H](F)[C@@H](C3=CCC(O)=CC=C3Cl)C(Cl)=C2)CC1.CC. The third-order valence-corrected chi connectivity index (χ3v) is 6.49. The van der Waals surface area contributed by atoms with Gasteiger partial charge in [-0.05, 0) is 29.9 Å². The van der Waals surface area contributed by atoms with E-state index in [1.54, 1.807) is 17.1 Å². The predicted molar refractivity (Wildman–Crippen MR) is 133 cm³/mol. The minimum atomic E-state index is -1.62. The molecule has 3 rings (SSSR count). The Bertz CT molecular complexity index is 932. The van der Waals surface area contributed by atoms with Crippen LogP contribution < -0.4 is 5.73 Å². The van der Waals surface area contributed by atoms with Crippen LogP contribution in [0.4, 0.5) is 4.39 Å². The van der Waals surface area contributed by atoms with Crippen LogP contribution in [0.2, 0.25) is 0 Å². The summed E-state index contributed by atoms with van der Waals surface area (Å²) in [6.45, 7) is 9.48. The van der Waals surface area contributed by atoms with E-state index < -0.39 is 12.1 Å². The molecule has 5 nitrogen and oxygen atoms in total. The van der Waals surface area contributed by atoms with Gasteiger partial charge in [-0.25, -0.2) is 4.39 Å². The van der Waals surface area contributed by atoms with Gasteiger partial charge in [-0.3, -0.25) is 4.79 Å². The average molecular weight is 500 g/mol. The number of hydrogen-bond donors (Lipinski definition) is 2. The van der Waals surface area contributed by atoms with Crippen LogP contribution in [-0.4, -0.2) is 58.2 Å². The molecule has 0 spiro atoms. The summed E-state index contributed by atoms with van der Waals surface area (Å²) in [5.74, 6) is -0.883. The Kier molecular flexibility index (Phi) is 9.55. The summed E-state index contributed by atoms with van der Waals surface area (Å²) >= 11 is 18.3. The fourth-order valence-electron chi connectivity index (χ4n) is 3.62. The zero-order valence-corrected chi connectivity index (χ0v) is 20.5. The molecule has 0 aromatic heterocycles. The van der Waals surface area contributed by atoms with E-state index in [2.05, 4.69) is 6.58 Å². The van der Waals surface area contributed by atoms with Gasteiger partial charge in [0.05, 0.1) is 17.4 Å². The molecular weight excluding hydrogens is 472 g/mol. The molecular formula is C23H28Cl2FN3O2S. The van der Waals surface area contributed by atoms with Gasteiger partial charge >= 0.3 is 0 Å². The standard InChI is InChI=1S/C21H22Cl2FN3O2S.C2H6/c1-2-17(29)26-7-9-27(10-8-26)21(30)14-11-16(23)18(19(24)20(14)25)13-5-3-12(28)4-6-15(13)22;1-2/h2,4-6,11,18-19,28H,1,3,7-10,25H2;1-2H3/t18-,19-;/m0./s1. The summed E-state index contributed by atoms with van der Waals surface area (Å²) in [6.07, 6.45) is 6.10. The Labute approximate surface area is 204 Å². The van der Waals surface area contributed by atoms with E-state index in [9.17, 15) is 9.90 Å². The summed E-state index contributed by atoms with van der Waals surface area (Å²) in [7, 11) is 0. The van der Waals surface area contributed by atoms with Crippen molar-refractivity contribution in [1.82, 2.24) is 9.80 Å². The number of alkyl halides is 1. The second-order valence-electron chi connectivity index (χ2n) is 7.14. The highest BCUT2D eigenvalue weighted by molar-refractivity contribution is 7.80. The molecule has 3 N–H and O–H groups in total. The van der Waals surface area contributed by atoms with Crippen LogP contribution in [-0.2, 0) is 4.79 Å². The number of amides is 1. The molecule has 0 aromatic carbocycles. The van der Waals surface area contributed by atoms with Gasteiger partial charge in [0, 0.05) is 48.2 Å². The second kappa shape index (κ2) is 11.7. The van der Waals surface area contributed by atoms with Crippen LogP contribution in [0, 0.1) is 5.92 Å². The minimum Gasteiger partial charge on any atom is -0.512 e. The number of allylic oxidation sites excluding steroid dienone is 7. The fraction of sp³-hybridized carbons (Fsp3) is 0.391. The fourth-order valence-corrected chi connectivity index (χ4v) is 4.58. The molecule has 0 aromatic rings. The molecule has 1 heterocycles. The number of rotatable bonds is 3. The smallest absolute Gasteiger partial charge is 0.246 e. The molecule has 9 heteroatoms. The molecule has 2 aliphatic carbocycles. The van der Waals surface area contributed by atoms with Gasteiger partial charge in [-0.2, -0.15) is 0 Å². The zero-order chi connectivity index (χ0) is 24.0. The lowest BCUT2D eigenvalue weighted by Crippen LogP contribution is -2.50. The van der Waals surface area contributed by atoms with Gasteiger partial charge in [0.1, 0.15) is 4.99 Å². The molecule has 174 valence electrons. The maximum Gasteiger partial charge on any atom is 0.246 e. The van der Waals surface area contributed by atoms with Crippen molar-refractivity contribution >= 4 is 46.3 Å². The van der Waals surface area contributed by atoms with Crippen molar-refractivity contribution in [1.29, 1.82) is 0 Å². The number of piperazine rings is 1. The van der Waals surface area contributed by atoms with Crippen molar-refractivity contribution in [2.24, 2.45) is 11.7 Å². The lowest BCUT2D eigenvalue weighted by molar-refractivity contribution is -0.127. The quantitative estimate of drug-likeness (QED) is 0.428. The van der Waals surface area contributed by atoms with Gasteiger partial charge in [0.25, 0.3) is 0 Å². The molecule has 0 saturated carbocycles. The Balaban J connectivity index is 0.00000176. The first kappa shape index (κ1) is 26.2. The number of hydrogen-bond acceptors (Lipinski definition) is 4. The third kappa shape index (κ3) is 5.63. The number of aliphatic hydroxyl groups is 1. The maximum atomic E-state index is 15.4. The number of carbonyl (C=O) groups excluding carboxylic acids is 1. The van der Waals surface area contributed by atoms with Crippen LogP contribution in [0.25, 0.3) is 0 Å². The highest BCUT2D eigenvalue weighted by atomic mass is 35.5. The van der Waals surface area contributed by atoms with Crippen molar-refractivity contribution in [3.05, 3.63) is 69.6 Å². The zero-order valence-electron chi connectivity index (χ0n) is 18.2. The van der Waals surface area contributed by atoms with Crippen molar-refractivity contribution in [3.63, 3.8) is 0 Å². The highest BCUT2D eigenvalue weighted by Crippen LogP contribution is 2.42. The van der Waals surface area contributed by atoms with Crippen LogP contribution in [0.3, 0.4) is 0 Å². The lowest BCUT2D eigenvalue weighted by atomic mass is 9.85. The van der Waals surface area contributed by atoms with E-state index >= 15 is 4.39 Å². The van der Waals surface area contributed by atoms with E-state index in [0.29, 0.717) is 47.3 Å². The Morgan fingerprint density at radius 2 is 1.84 bits per heavy atom. The largest absolute Gasteiger partial charge is 0.512 e. The molecule has 0 radical (unpaired) electrons. The number of halogens is 3. The lowest BCUT2D eigenvalue weighted by Gasteiger charge is -2.37. The predicted octanol–water partition coefficient (Wildman–Crippen LogP) is 4.87. The van der Waals surface area contributed by atoms with Gasteiger partial charge in [-0.1, -0.05) is 61.9 Å². The molecule has 1 aliphatic heterocycles. The molecule has 2 atom stereocenters. The van der Waals surface area contributed by atoms with E-state index in [0.717, 1.165) is 0 Å². The van der Waals surface area contributed by atoms with Crippen molar-refractivity contribution in [2.45, 2.75) is 26.4 Å². The number of thiocarbonyl (C=S) groups is 1. The molecule has 0 bridgehead atoms. The first-order chi connectivity index (χ1) is 15.2. The number of aliphatic hydroxyl groups excluding tert-OH is 1. The molecule has 1 amide bonds. The minimum absolute atomic E-state index is 0.00853. The molecule has 3 aliphatic rings. The van der Waals surface area contributed by atoms with Crippen molar-refractivity contribution in [2.75, 3.05) is 26.2 Å². The number of nitrogens with two attached hydrogens (primary N) is 1. The summed E-state index contributed by atoms with van der Waals surface area (Å²) in [6, 6.07) is 0. The Hall–Kier alpha value is -2.09. The van der Waals surface area contributed by atoms with Gasteiger partial charge in [0.2, 0.25) is 5.91 Å². The molecule has 1 fully saturated rings. The van der Waals surface area contributed by atoms with Gasteiger partial charge in [-0.15, -0.1) is 0 Å². The first-order valence-electron chi connectivity index (χ1n) is 10.4. The summed E-state index contributed by atoms with van der Waals surface area (Å²) in [4.78, 5) is 15.7. The van der Waals surface area contributed by atoms with E-state index in [1.807, 2.05) is 18.7 Å². The van der Waals surface area contributed by atoms with E-state index in [1.165, 1.54) is 18.2 Å². The van der Waals surface area contributed by atoms with Crippen LogP contribution in [0.15, 0.2) is 69.6 Å². The van der Waals surface area contributed by atoms with E-state index in [-0.39, 0.29) is 28.8 Å². The van der Waals surface area contributed by atoms with Crippen LogP contribution >= 0.6 is 35.4 Å². The van der Waals surface area contributed by atoms with Gasteiger partial charge < -0.3 is 20.6 Å². The monoisotopic (exact) mass is 499 g/mol. The van der Waals surface area contributed by atoms with Crippen molar-refractivity contribution < 1.29 is 14.3 Å². The normalized spacial score (nSPS) is 23.7.